The Morgan fingerprint density at radius 2 is 1.80 bits per heavy atom. The van der Waals surface area contributed by atoms with Gasteiger partial charge >= 0.3 is 6.09 Å². The van der Waals surface area contributed by atoms with Crippen LogP contribution in [0.15, 0.2) is 42.5 Å². The lowest BCUT2D eigenvalue weighted by Gasteiger charge is -2.39. The molecule has 2 heterocycles. The number of amides is 2. The zero-order chi connectivity index (χ0) is 29.9. The lowest BCUT2D eigenvalue weighted by Crippen LogP contribution is -2.54. The highest BCUT2D eigenvalue weighted by Gasteiger charge is 2.42. The molecule has 5 N–H and O–H groups in total. The summed E-state index contributed by atoms with van der Waals surface area (Å²) in [6, 6.07) is 12.6. The Morgan fingerprint density at radius 1 is 1.15 bits per heavy atom. The minimum Gasteiger partial charge on any atom is -0.465 e. The van der Waals surface area contributed by atoms with Crippen LogP contribution in [0.4, 0.5) is 10.5 Å². The second kappa shape index (κ2) is 11.8. The van der Waals surface area contributed by atoms with Crippen molar-refractivity contribution < 1.29 is 23.1 Å². The first-order valence-corrected chi connectivity index (χ1v) is 15.4. The highest BCUT2D eigenvalue weighted by Crippen LogP contribution is 2.32. The number of carbonyl (C=O) groups is 2. The predicted octanol–water partition coefficient (Wildman–Crippen LogP) is 2.72. The molecule has 1 aliphatic heterocycles. The molecule has 3 aromatic rings. The Labute approximate surface area is 239 Å². The molecule has 2 amide bonds. The van der Waals surface area contributed by atoms with E-state index in [1.165, 1.54) is 0 Å². The van der Waals surface area contributed by atoms with E-state index < -0.39 is 27.2 Å². The first kappa shape index (κ1) is 29.8. The highest BCUT2D eigenvalue weighted by molar-refractivity contribution is 7.90. The van der Waals surface area contributed by atoms with Crippen molar-refractivity contribution in [3.05, 3.63) is 59.4 Å². The zero-order valence-corrected chi connectivity index (χ0v) is 24.4. The molecule has 13 heteroatoms. The molecule has 12 nitrogen and oxygen atoms in total. The summed E-state index contributed by atoms with van der Waals surface area (Å²) in [4.78, 5) is 33.4. The van der Waals surface area contributed by atoms with Crippen LogP contribution in [0.2, 0.25) is 0 Å². The second-order valence-corrected chi connectivity index (χ2v) is 13.0. The van der Waals surface area contributed by atoms with Crippen LogP contribution < -0.4 is 11.1 Å². The third-order valence-electron chi connectivity index (χ3n) is 7.54. The molecule has 4 rings (SSSR count). The molecule has 1 fully saturated rings. The SMILES string of the molecule is Cn1c(CNc2ccc(C(=N)N)cc2)nc2cc(C(C)(CN(CS(C)(=O)=O)C(=O)O)C(=O)N3CCCCC3)ccc21. The standard InChI is InChI=1S/C28H37N7O5S/c1-28(26(36)34-13-5-4-6-14-34,17-35(27(37)38)18-41(3,39)40)20-9-12-23-22(15-20)32-24(33(23)2)16-31-21-10-7-19(8-11-21)25(29)30/h7-12,15,31H,4-6,13-14,16-18H2,1-3H3,(H3,29,30)(H,37,38). The third-order valence-corrected chi connectivity index (χ3v) is 8.32. The van der Waals surface area contributed by atoms with E-state index in [2.05, 4.69) is 5.32 Å². The van der Waals surface area contributed by atoms with Gasteiger partial charge in [-0.05, 0) is 68.1 Å². The van der Waals surface area contributed by atoms with Crippen molar-refractivity contribution >= 4 is 44.4 Å². The predicted molar refractivity (Wildman–Crippen MR) is 158 cm³/mol. The van der Waals surface area contributed by atoms with Crippen LogP contribution in [0.5, 0.6) is 0 Å². The minimum absolute atomic E-state index is 0.00346. The quantitative estimate of drug-likeness (QED) is 0.208. The minimum atomic E-state index is -3.67. The maximum atomic E-state index is 14.0. The average molecular weight is 584 g/mol. The fourth-order valence-corrected chi connectivity index (χ4v) is 6.03. The Morgan fingerprint density at radius 3 is 2.39 bits per heavy atom. The Bertz CT molecular complexity index is 1560. The first-order valence-electron chi connectivity index (χ1n) is 13.4. The molecule has 0 bridgehead atoms. The number of carbonyl (C=O) groups excluding carboxylic acids is 1. The van der Waals surface area contributed by atoms with Gasteiger partial charge in [-0.3, -0.25) is 15.1 Å². The van der Waals surface area contributed by atoms with E-state index >= 15 is 0 Å². The number of imidazole rings is 1. The molecule has 2 aromatic carbocycles. The molecule has 0 aliphatic carbocycles. The van der Waals surface area contributed by atoms with E-state index in [0.717, 1.165) is 47.4 Å². The summed E-state index contributed by atoms with van der Waals surface area (Å²) in [5.41, 5.74) is 7.70. The summed E-state index contributed by atoms with van der Waals surface area (Å²) < 4.78 is 26.0. The van der Waals surface area contributed by atoms with E-state index in [9.17, 15) is 23.1 Å². The number of aromatic nitrogens is 2. The number of piperidine rings is 1. The number of nitrogens with one attached hydrogen (secondary N) is 2. The number of anilines is 1. The van der Waals surface area contributed by atoms with Gasteiger partial charge in [0.25, 0.3) is 0 Å². The molecule has 1 unspecified atom stereocenters. The van der Waals surface area contributed by atoms with Gasteiger partial charge in [-0.2, -0.15) is 0 Å². The highest BCUT2D eigenvalue weighted by atomic mass is 32.2. The van der Waals surface area contributed by atoms with Gasteiger partial charge in [0.1, 0.15) is 17.5 Å². The van der Waals surface area contributed by atoms with Gasteiger partial charge < -0.3 is 25.6 Å². The largest absolute Gasteiger partial charge is 0.465 e. The number of nitrogens with zero attached hydrogens (tertiary/aromatic N) is 4. The number of aryl methyl sites for hydroxylation is 1. The number of sulfone groups is 1. The number of carboxylic acid groups (broad SMARTS) is 1. The number of rotatable bonds is 10. The number of nitrogens with two attached hydrogens (primary N) is 1. The summed E-state index contributed by atoms with van der Waals surface area (Å²) in [6.45, 7) is 2.92. The van der Waals surface area contributed by atoms with Crippen LogP contribution in [-0.2, 0) is 33.6 Å². The lowest BCUT2D eigenvalue weighted by atomic mass is 9.79. The van der Waals surface area contributed by atoms with Gasteiger partial charge in [-0.25, -0.2) is 18.2 Å². The van der Waals surface area contributed by atoms with Crippen molar-refractivity contribution in [1.82, 2.24) is 19.4 Å². The van der Waals surface area contributed by atoms with Crippen molar-refractivity contribution in [3.63, 3.8) is 0 Å². The number of fused-ring (bicyclic) bond motifs is 1. The van der Waals surface area contributed by atoms with Gasteiger partial charge in [0, 0.05) is 44.2 Å². The molecule has 1 aliphatic rings. The normalized spacial score (nSPS) is 15.3. The Balaban J connectivity index is 1.67. The van der Waals surface area contributed by atoms with Crippen LogP contribution >= 0.6 is 0 Å². The smallest absolute Gasteiger partial charge is 0.408 e. The van der Waals surface area contributed by atoms with Crippen LogP contribution in [0, 0.1) is 5.41 Å². The summed E-state index contributed by atoms with van der Waals surface area (Å²) in [7, 11) is -1.78. The van der Waals surface area contributed by atoms with Gasteiger partial charge in [-0.15, -0.1) is 0 Å². The molecule has 1 aromatic heterocycles. The van der Waals surface area contributed by atoms with Crippen LogP contribution in [0.1, 0.15) is 43.1 Å². The summed E-state index contributed by atoms with van der Waals surface area (Å²) in [6.07, 6.45) is 2.31. The first-order chi connectivity index (χ1) is 19.3. The van der Waals surface area contributed by atoms with Crippen LogP contribution in [0.3, 0.4) is 0 Å². The lowest BCUT2D eigenvalue weighted by molar-refractivity contribution is -0.138. The number of hydrogen-bond acceptors (Lipinski definition) is 7. The number of likely N-dealkylation sites (tertiary alicyclic amines) is 1. The van der Waals surface area contributed by atoms with Crippen LogP contribution in [-0.4, -0.2) is 82.5 Å². The fourth-order valence-electron chi connectivity index (χ4n) is 5.26. The summed E-state index contributed by atoms with van der Waals surface area (Å²) in [5, 5.41) is 20.7. The number of nitrogen functional groups attached to an aromatic ring is 1. The van der Waals surface area contributed by atoms with Gasteiger partial charge in [-0.1, -0.05) is 6.07 Å². The monoisotopic (exact) mass is 583 g/mol. The zero-order valence-electron chi connectivity index (χ0n) is 23.6. The van der Waals surface area contributed by atoms with Gasteiger partial charge in [0.2, 0.25) is 5.91 Å². The van der Waals surface area contributed by atoms with E-state index in [1.807, 2.05) is 29.8 Å². The molecule has 220 valence electrons. The van der Waals surface area contributed by atoms with Crippen molar-refractivity contribution in [3.8, 4) is 0 Å². The van der Waals surface area contributed by atoms with E-state index in [1.54, 1.807) is 36.1 Å². The van der Waals surface area contributed by atoms with Crippen LogP contribution in [0.25, 0.3) is 11.0 Å². The maximum absolute atomic E-state index is 14.0. The molecule has 0 radical (unpaired) electrons. The molecular formula is C28H37N7O5S. The van der Waals surface area contributed by atoms with Crippen molar-refractivity contribution in [2.45, 2.75) is 38.1 Å². The molecule has 41 heavy (non-hydrogen) atoms. The van der Waals surface area contributed by atoms with Gasteiger partial charge in [0.15, 0.2) is 9.84 Å². The van der Waals surface area contributed by atoms with Crippen molar-refractivity contribution in [2.24, 2.45) is 12.8 Å². The van der Waals surface area contributed by atoms with Crippen molar-refractivity contribution in [1.29, 1.82) is 5.41 Å². The number of hydrogen-bond donors (Lipinski definition) is 4. The topological polar surface area (TPSA) is 175 Å². The summed E-state index contributed by atoms with van der Waals surface area (Å²) >= 11 is 0. The second-order valence-electron chi connectivity index (χ2n) is 10.9. The molecule has 0 spiro atoms. The molecular weight excluding hydrogens is 546 g/mol. The Hall–Kier alpha value is -4.13. The average Bonchev–Trinajstić information content (AvgIpc) is 3.25. The number of benzene rings is 2. The van der Waals surface area contributed by atoms with E-state index in [0.29, 0.717) is 36.3 Å². The molecule has 0 saturated carbocycles. The molecule has 1 atom stereocenters. The summed E-state index contributed by atoms with van der Waals surface area (Å²) in [5.74, 6) is -0.208. The van der Waals surface area contributed by atoms with Gasteiger partial charge in [0.05, 0.1) is 23.0 Å². The molecule has 1 saturated heterocycles. The Kier molecular flexibility index (Phi) is 8.57. The van der Waals surface area contributed by atoms with Crippen molar-refractivity contribution in [2.75, 3.05) is 37.1 Å². The number of amidine groups is 1. The van der Waals surface area contributed by atoms with E-state index in [4.69, 9.17) is 16.1 Å². The maximum Gasteiger partial charge on any atom is 0.408 e. The van der Waals surface area contributed by atoms with E-state index in [-0.39, 0.29) is 18.3 Å². The third kappa shape index (κ3) is 6.79. The fraction of sp³-hybridized carbons (Fsp3) is 0.429.